The van der Waals surface area contributed by atoms with Crippen LogP contribution in [0, 0.1) is 51.8 Å². The van der Waals surface area contributed by atoms with Gasteiger partial charge in [-0.25, -0.2) is 0 Å². The van der Waals surface area contributed by atoms with E-state index in [1.165, 1.54) is 0 Å². The summed E-state index contributed by atoms with van der Waals surface area (Å²) >= 11 is 0. The molecule has 0 aromatic heterocycles. The van der Waals surface area contributed by atoms with Gasteiger partial charge in [-0.3, -0.25) is 0 Å². The summed E-state index contributed by atoms with van der Waals surface area (Å²) in [6.45, 7) is 29.9. The van der Waals surface area contributed by atoms with Gasteiger partial charge >= 0.3 is 17.4 Å². The average Bonchev–Trinajstić information content (AvgIpc) is 2.64. The van der Waals surface area contributed by atoms with Crippen molar-refractivity contribution in [3.8, 4) is 0 Å². The summed E-state index contributed by atoms with van der Waals surface area (Å²) in [6.07, 6.45) is 4.21. The van der Waals surface area contributed by atoms with Gasteiger partial charge < -0.3 is 29.7 Å². The molecule has 0 fully saturated rings. The number of hydrogen-bond donors (Lipinski definition) is 0. The normalized spacial score (nSPS) is 12.2. The third-order valence-corrected chi connectivity index (χ3v) is 6.63. The number of rotatable bonds is 15. The first-order valence-corrected chi connectivity index (χ1v) is 15.0. The molecule has 0 saturated carbocycles. The van der Waals surface area contributed by atoms with Crippen LogP contribution in [0.2, 0.25) is 0 Å². The molecule has 0 aliphatic rings. The molecule has 0 unspecified atom stereocenters. The maximum atomic E-state index is 11.0. The molecule has 7 heteroatoms. The summed E-state index contributed by atoms with van der Waals surface area (Å²) in [4.78, 5) is 32.9. The van der Waals surface area contributed by atoms with E-state index < -0.39 is 34.2 Å². The van der Waals surface area contributed by atoms with E-state index in [4.69, 9.17) is 0 Å². The Kier molecular flexibility index (Phi) is 23.8. The van der Waals surface area contributed by atoms with E-state index in [0.29, 0.717) is 74.0 Å². The zero-order chi connectivity index (χ0) is 31.9. The first-order chi connectivity index (χ1) is 17.3. The van der Waals surface area contributed by atoms with Crippen LogP contribution in [0.15, 0.2) is 0 Å². The Morgan fingerprint density at radius 3 is 0.550 bits per heavy atom. The predicted octanol–water partition coefficient (Wildman–Crippen LogP) is 5.12. The van der Waals surface area contributed by atoms with Crippen LogP contribution in [0.3, 0.4) is 0 Å². The number of aliphatic carboxylic acids is 3. The molecule has 0 rings (SSSR count). The molecule has 0 N–H and O–H groups in total. The van der Waals surface area contributed by atoms with Gasteiger partial charge in [0.15, 0.2) is 0 Å². The maximum Gasteiger partial charge on any atom is 3.00 e. The fourth-order valence-electron chi connectivity index (χ4n) is 6.16. The summed E-state index contributed by atoms with van der Waals surface area (Å²) in [5.74, 6) is -0.297. The van der Waals surface area contributed by atoms with Gasteiger partial charge in [-0.15, -0.1) is 0 Å². The molecule has 0 aliphatic heterocycles. The third kappa shape index (κ3) is 21.7. The van der Waals surface area contributed by atoms with Gasteiger partial charge in [-0.05, 0) is 74.0 Å². The molecule has 0 heterocycles. The summed E-state index contributed by atoms with van der Waals surface area (Å²) in [7, 11) is 0. The van der Waals surface area contributed by atoms with E-state index in [-0.39, 0.29) is 17.4 Å². The molecule has 6 nitrogen and oxygen atoms in total. The first kappa shape index (κ1) is 45.9. The van der Waals surface area contributed by atoms with E-state index in [1.54, 1.807) is 20.8 Å². The van der Waals surface area contributed by atoms with Gasteiger partial charge in [0.25, 0.3) is 0 Å². The van der Waals surface area contributed by atoms with Crippen LogP contribution in [-0.4, -0.2) is 35.3 Å². The van der Waals surface area contributed by atoms with Crippen LogP contribution in [0.5, 0.6) is 0 Å². The zero-order valence-corrected chi connectivity index (χ0v) is 29.9. The Hall–Kier alpha value is -1.06. The molecule has 0 aliphatic carbocycles. The summed E-state index contributed by atoms with van der Waals surface area (Å²) in [6, 6.07) is 0. The van der Waals surface area contributed by atoms with Crippen molar-refractivity contribution in [1.29, 1.82) is 0 Å². The van der Waals surface area contributed by atoms with Crippen molar-refractivity contribution in [3.05, 3.63) is 0 Å². The van der Waals surface area contributed by atoms with E-state index >= 15 is 0 Å². The van der Waals surface area contributed by atoms with Crippen molar-refractivity contribution in [2.75, 3.05) is 0 Å². The van der Waals surface area contributed by atoms with Crippen LogP contribution in [0.1, 0.15) is 142 Å². The minimum absolute atomic E-state index is 0. The van der Waals surface area contributed by atoms with Gasteiger partial charge in [0.1, 0.15) is 0 Å². The SMILES string of the molecule is CC(C)CC(C)(CC(C)C)C(=O)[O-].CC(C)CC(C)(CC(C)C)C(=O)[O-].CC(C)CC(C)(CC(C)C)C(=O)[O-].[Al+3]. The molecule has 40 heavy (non-hydrogen) atoms. The van der Waals surface area contributed by atoms with Crippen LogP contribution < -0.4 is 15.3 Å². The topological polar surface area (TPSA) is 120 Å². The van der Waals surface area contributed by atoms with Crippen LogP contribution in [0.25, 0.3) is 0 Å². The quantitative estimate of drug-likeness (QED) is 0.247. The fourth-order valence-corrected chi connectivity index (χ4v) is 6.16. The van der Waals surface area contributed by atoms with Crippen molar-refractivity contribution < 1.29 is 29.7 Å². The standard InChI is InChI=1S/3C11H22O2.Al/c3*1-8(2)6-11(5,10(12)13)7-9(3)4;/h3*8-9H,6-7H2,1-5H3,(H,12,13);/q;;;+3/p-3. The third-order valence-electron chi connectivity index (χ3n) is 6.63. The van der Waals surface area contributed by atoms with Crippen molar-refractivity contribution in [2.24, 2.45) is 51.8 Å². The Labute approximate surface area is 258 Å². The second kappa shape index (κ2) is 20.8. The number of carboxylic acid groups (broad SMARTS) is 3. The number of hydrogen-bond acceptors (Lipinski definition) is 6. The van der Waals surface area contributed by atoms with Gasteiger partial charge in [0.05, 0.1) is 0 Å². The van der Waals surface area contributed by atoms with Crippen molar-refractivity contribution >= 4 is 35.3 Å². The molecular weight excluding hydrogens is 519 g/mol. The van der Waals surface area contributed by atoms with E-state index in [1.807, 2.05) is 83.1 Å². The van der Waals surface area contributed by atoms with Crippen LogP contribution in [0.4, 0.5) is 0 Å². The summed E-state index contributed by atoms with van der Waals surface area (Å²) in [5.41, 5.74) is -1.95. The van der Waals surface area contributed by atoms with E-state index in [0.717, 1.165) is 0 Å². The van der Waals surface area contributed by atoms with Crippen LogP contribution in [-0.2, 0) is 14.4 Å². The van der Waals surface area contributed by atoms with Gasteiger partial charge in [0.2, 0.25) is 0 Å². The largest absolute Gasteiger partial charge is 3.00 e. The smallest absolute Gasteiger partial charge is 0.550 e. The molecule has 0 aromatic carbocycles. The number of carbonyl (C=O) groups is 3. The van der Waals surface area contributed by atoms with Gasteiger partial charge in [0, 0.05) is 34.2 Å². The second-order valence-electron chi connectivity index (χ2n) is 15.1. The van der Waals surface area contributed by atoms with Crippen molar-refractivity contribution in [3.63, 3.8) is 0 Å². The van der Waals surface area contributed by atoms with E-state index in [9.17, 15) is 29.7 Å². The Balaban J connectivity index is -0.000000240. The number of carboxylic acids is 3. The average molecular weight is 583 g/mol. The molecular formula is C33H63AlO6. The Morgan fingerprint density at radius 2 is 0.500 bits per heavy atom. The molecule has 0 spiro atoms. The Bertz CT molecular complexity index is 585. The molecule has 0 aromatic rings. The minimum atomic E-state index is -0.908. The maximum absolute atomic E-state index is 11.0. The molecule has 0 amide bonds. The monoisotopic (exact) mass is 582 g/mol. The van der Waals surface area contributed by atoms with Crippen molar-refractivity contribution in [2.45, 2.75) is 142 Å². The summed E-state index contributed by atoms with van der Waals surface area (Å²) in [5, 5.41) is 32.9. The van der Waals surface area contributed by atoms with Crippen molar-refractivity contribution in [1.82, 2.24) is 0 Å². The Morgan fingerprint density at radius 1 is 0.400 bits per heavy atom. The van der Waals surface area contributed by atoms with Crippen LogP contribution >= 0.6 is 0 Å². The molecule has 0 saturated heterocycles. The van der Waals surface area contributed by atoms with Gasteiger partial charge in [-0.2, -0.15) is 0 Å². The molecule has 0 atom stereocenters. The minimum Gasteiger partial charge on any atom is -0.550 e. The predicted molar refractivity (Wildman–Crippen MR) is 162 cm³/mol. The fraction of sp³-hybridized carbons (Fsp3) is 0.909. The molecule has 0 bridgehead atoms. The first-order valence-electron chi connectivity index (χ1n) is 15.0. The molecule has 0 radical (unpaired) electrons. The van der Waals surface area contributed by atoms with Gasteiger partial charge in [-0.1, -0.05) is 104 Å². The number of carbonyl (C=O) groups excluding carboxylic acids is 3. The molecule has 234 valence electrons. The summed E-state index contributed by atoms with van der Waals surface area (Å²) < 4.78 is 0. The van der Waals surface area contributed by atoms with E-state index in [2.05, 4.69) is 0 Å². The zero-order valence-electron chi connectivity index (χ0n) is 28.7. The second-order valence-corrected chi connectivity index (χ2v) is 15.1.